The van der Waals surface area contributed by atoms with Crippen molar-refractivity contribution in [2.45, 2.75) is 6.18 Å². The van der Waals surface area contributed by atoms with E-state index in [-0.39, 0.29) is 4.47 Å². The Morgan fingerprint density at radius 1 is 1.38 bits per heavy atom. The lowest BCUT2D eigenvalue weighted by atomic mass is 10.1. The maximum atomic E-state index is 13.4. The summed E-state index contributed by atoms with van der Waals surface area (Å²) in [5.74, 6) is -4.02. The van der Waals surface area contributed by atoms with Crippen LogP contribution in [0.2, 0.25) is 0 Å². The minimum Gasteiger partial charge on any atom is -0.496 e. The average molecular weight is 301 g/mol. The van der Waals surface area contributed by atoms with E-state index < -0.39 is 29.1 Å². The molecule has 2 nitrogen and oxygen atoms in total. The van der Waals surface area contributed by atoms with Crippen molar-refractivity contribution in [3.63, 3.8) is 0 Å². The molecule has 0 saturated heterocycles. The van der Waals surface area contributed by atoms with Crippen LogP contribution >= 0.6 is 15.9 Å². The predicted molar refractivity (Wildman–Crippen MR) is 51.0 cm³/mol. The molecule has 0 unspecified atom stereocenters. The number of benzene rings is 1. The molecule has 1 aromatic rings. The molecule has 88 valence electrons. The first-order chi connectivity index (χ1) is 7.29. The normalized spacial score (nSPS) is 11.4. The number of Topliss-reactive ketones (excluding diaryl/α,β-unsaturated/α-hetero) is 1. The van der Waals surface area contributed by atoms with E-state index in [4.69, 9.17) is 0 Å². The molecule has 0 fully saturated rings. The van der Waals surface area contributed by atoms with Crippen molar-refractivity contribution in [2.24, 2.45) is 0 Å². The molecule has 7 heteroatoms. The first-order valence-corrected chi connectivity index (χ1v) is 4.72. The van der Waals surface area contributed by atoms with Crippen molar-refractivity contribution in [1.29, 1.82) is 0 Å². The second kappa shape index (κ2) is 4.40. The summed E-state index contributed by atoms with van der Waals surface area (Å²) in [5, 5.41) is 0. The topological polar surface area (TPSA) is 26.3 Å². The Morgan fingerprint density at radius 2 is 1.94 bits per heavy atom. The molecule has 0 aliphatic heterocycles. The van der Waals surface area contributed by atoms with Gasteiger partial charge in [-0.15, -0.1) is 0 Å². The molecule has 0 bridgehead atoms. The fraction of sp³-hybridized carbons (Fsp3) is 0.222. The molecule has 0 aromatic heterocycles. The second-order valence-electron chi connectivity index (χ2n) is 2.77. The fourth-order valence-electron chi connectivity index (χ4n) is 1.06. The van der Waals surface area contributed by atoms with Gasteiger partial charge in [-0.25, -0.2) is 4.39 Å². The summed E-state index contributed by atoms with van der Waals surface area (Å²) in [5.41, 5.74) is -1.12. The molecule has 0 radical (unpaired) electrons. The summed E-state index contributed by atoms with van der Waals surface area (Å²) in [7, 11) is 1.05. The van der Waals surface area contributed by atoms with Gasteiger partial charge in [0.05, 0.1) is 11.6 Å². The van der Waals surface area contributed by atoms with Crippen molar-refractivity contribution in [3.8, 4) is 5.75 Å². The number of alkyl halides is 3. The minimum atomic E-state index is -5.14. The summed E-state index contributed by atoms with van der Waals surface area (Å²) in [4.78, 5) is 11.0. The summed E-state index contributed by atoms with van der Waals surface area (Å²) >= 11 is 2.69. The molecule has 0 atom stereocenters. The molecule has 1 rings (SSSR count). The van der Waals surface area contributed by atoms with Gasteiger partial charge in [0, 0.05) is 0 Å². The van der Waals surface area contributed by atoms with Crippen LogP contribution in [0.25, 0.3) is 0 Å². The maximum absolute atomic E-state index is 13.4. The standard InChI is InChI=1S/C9H5BrF4O2/c1-16-5-3-2-4(10)7(11)6(5)8(15)9(12,13)14/h2-3H,1H3. The van der Waals surface area contributed by atoms with Crippen LogP contribution in [0.4, 0.5) is 17.6 Å². The second-order valence-corrected chi connectivity index (χ2v) is 3.62. The van der Waals surface area contributed by atoms with Crippen LogP contribution in [0.1, 0.15) is 10.4 Å². The van der Waals surface area contributed by atoms with E-state index in [0.717, 1.165) is 19.2 Å². The summed E-state index contributed by atoms with van der Waals surface area (Å²) in [6, 6.07) is 2.23. The van der Waals surface area contributed by atoms with Crippen LogP contribution in [0.3, 0.4) is 0 Å². The first-order valence-electron chi connectivity index (χ1n) is 3.92. The van der Waals surface area contributed by atoms with Gasteiger partial charge in [-0.05, 0) is 28.1 Å². The van der Waals surface area contributed by atoms with Crippen molar-refractivity contribution in [1.82, 2.24) is 0 Å². The zero-order valence-electron chi connectivity index (χ0n) is 7.86. The van der Waals surface area contributed by atoms with Crippen molar-refractivity contribution < 1.29 is 27.1 Å². The summed E-state index contributed by atoms with van der Waals surface area (Å²) < 4.78 is 54.2. The Bertz CT molecular complexity index is 428. The third-order valence-electron chi connectivity index (χ3n) is 1.76. The number of carbonyl (C=O) groups is 1. The van der Waals surface area contributed by atoms with E-state index in [0.29, 0.717) is 0 Å². The van der Waals surface area contributed by atoms with E-state index in [1.54, 1.807) is 0 Å². The highest BCUT2D eigenvalue weighted by Crippen LogP contribution is 2.32. The number of carbonyl (C=O) groups excluding carboxylic acids is 1. The number of halogens is 5. The molecule has 0 aliphatic carbocycles. The fourth-order valence-corrected chi connectivity index (χ4v) is 1.39. The van der Waals surface area contributed by atoms with Crippen LogP contribution in [0.15, 0.2) is 16.6 Å². The molecule has 0 N–H and O–H groups in total. The molecule has 0 aliphatic rings. The number of methoxy groups -OCH3 is 1. The number of ether oxygens (including phenoxy) is 1. The van der Waals surface area contributed by atoms with Gasteiger partial charge in [0.15, 0.2) is 5.82 Å². The van der Waals surface area contributed by atoms with Crippen LogP contribution in [0.5, 0.6) is 5.75 Å². The highest BCUT2D eigenvalue weighted by molar-refractivity contribution is 9.10. The molecule has 0 heterocycles. The molecular weight excluding hydrogens is 296 g/mol. The summed E-state index contributed by atoms with van der Waals surface area (Å²) in [6.07, 6.45) is -5.14. The number of hydrogen-bond donors (Lipinski definition) is 0. The number of rotatable bonds is 2. The molecule has 16 heavy (non-hydrogen) atoms. The SMILES string of the molecule is COc1ccc(Br)c(F)c1C(=O)C(F)(F)F. The third-order valence-corrected chi connectivity index (χ3v) is 2.37. The van der Waals surface area contributed by atoms with Gasteiger partial charge < -0.3 is 4.74 Å². The van der Waals surface area contributed by atoms with Crippen molar-refractivity contribution >= 4 is 21.7 Å². The smallest absolute Gasteiger partial charge is 0.455 e. The molecular formula is C9H5BrF4O2. The predicted octanol–water partition coefficient (Wildman–Crippen LogP) is 3.34. The number of ketones is 1. The van der Waals surface area contributed by atoms with Gasteiger partial charge in [-0.3, -0.25) is 4.79 Å². The highest BCUT2D eigenvalue weighted by Gasteiger charge is 2.42. The average Bonchev–Trinajstić information content (AvgIpc) is 2.19. The third kappa shape index (κ3) is 2.34. The van der Waals surface area contributed by atoms with E-state index in [1.165, 1.54) is 0 Å². The number of hydrogen-bond acceptors (Lipinski definition) is 2. The van der Waals surface area contributed by atoms with Crippen molar-refractivity contribution in [3.05, 3.63) is 28.0 Å². The monoisotopic (exact) mass is 300 g/mol. The lowest BCUT2D eigenvalue weighted by molar-refractivity contribution is -0.0889. The quantitative estimate of drug-likeness (QED) is 0.618. The Hall–Kier alpha value is -1.11. The van der Waals surface area contributed by atoms with Gasteiger partial charge in [0.2, 0.25) is 0 Å². The molecule has 1 aromatic carbocycles. The summed E-state index contributed by atoms with van der Waals surface area (Å²) in [6.45, 7) is 0. The van der Waals surface area contributed by atoms with Gasteiger partial charge >= 0.3 is 6.18 Å². The molecule has 0 saturated carbocycles. The lowest BCUT2D eigenvalue weighted by Crippen LogP contribution is -2.24. The minimum absolute atomic E-state index is 0.235. The first kappa shape index (κ1) is 13.0. The van der Waals surface area contributed by atoms with Crippen molar-refractivity contribution in [2.75, 3.05) is 7.11 Å². The van der Waals surface area contributed by atoms with Crippen LogP contribution in [0, 0.1) is 5.82 Å². The van der Waals surface area contributed by atoms with E-state index in [9.17, 15) is 22.4 Å². The maximum Gasteiger partial charge on any atom is 0.455 e. The van der Waals surface area contributed by atoms with Crippen LogP contribution in [-0.2, 0) is 0 Å². The Balaban J connectivity index is 3.42. The van der Waals surface area contributed by atoms with E-state index in [2.05, 4.69) is 20.7 Å². The lowest BCUT2D eigenvalue weighted by Gasteiger charge is -2.11. The van der Waals surface area contributed by atoms with Gasteiger partial charge in [0.1, 0.15) is 11.3 Å². The van der Waals surface area contributed by atoms with Gasteiger partial charge in [-0.2, -0.15) is 13.2 Å². The Kier molecular flexibility index (Phi) is 3.57. The van der Waals surface area contributed by atoms with Crippen LogP contribution < -0.4 is 4.74 Å². The Morgan fingerprint density at radius 3 is 2.38 bits per heavy atom. The Labute approximate surface area is 96.3 Å². The van der Waals surface area contributed by atoms with E-state index >= 15 is 0 Å². The van der Waals surface area contributed by atoms with Gasteiger partial charge in [-0.1, -0.05) is 0 Å². The van der Waals surface area contributed by atoms with E-state index in [1.807, 2.05) is 0 Å². The zero-order valence-corrected chi connectivity index (χ0v) is 9.45. The molecule has 0 spiro atoms. The highest BCUT2D eigenvalue weighted by atomic mass is 79.9. The largest absolute Gasteiger partial charge is 0.496 e. The molecule has 0 amide bonds. The zero-order chi connectivity index (χ0) is 12.5. The van der Waals surface area contributed by atoms with Gasteiger partial charge in [0.25, 0.3) is 5.78 Å². The van der Waals surface area contributed by atoms with Crippen LogP contribution in [-0.4, -0.2) is 19.1 Å².